The standard InChI is InChI=1S/C26H21BrClNO4/c27-21-4-1-2-5-23(21)33-20-12-6-17(7-13-20)16-22(24(30)31)29-25(32)26(14-3-15-26)18-8-10-19(28)11-9-18/h1-2,4-13,16H,3,14-15H2,(H,29,32)(H,30,31). The molecule has 0 bridgehead atoms. The van der Waals surface area contributed by atoms with Crippen molar-refractivity contribution in [2.75, 3.05) is 0 Å². The summed E-state index contributed by atoms with van der Waals surface area (Å²) >= 11 is 9.42. The van der Waals surface area contributed by atoms with Crippen molar-refractivity contribution in [1.82, 2.24) is 5.32 Å². The summed E-state index contributed by atoms with van der Waals surface area (Å²) in [5.41, 5.74) is 0.551. The molecular weight excluding hydrogens is 506 g/mol. The zero-order chi connectivity index (χ0) is 23.4. The van der Waals surface area contributed by atoms with Gasteiger partial charge in [0, 0.05) is 5.02 Å². The molecule has 7 heteroatoms. The minimum atomic E-state index is -1.21. The number of aliphatic carboxylic acids is 1. The summed E-state index contributed by atoms with van der Waals surface area (Å²) in [6.07, 6.45) is 3.67. The fraction of sp³-hybridized carbons (Fsp3) is 0.154. The number of nitrogens with one attached hydrogen (secondary N) is 1. The largest absolute Gasteiger partial charge is 0.477 e. The molecule has 2 N–H and O–H groups in total. The molecule has 0 radical (unpaired) electrons. The van der Waals surface area contributed by atoms with Crippen LogP contribution in [0.2, 0.25) is 5.02 Å². The summed E-state index contributed by atoms with van der Waals surface area (Å²) in [6, 6.07) is 21.6. The molecule has 1 amide bonds. The predicted molar refractivity (Wildman–Crippen MR) is 131 cm³/mol. The van der Waals surface area contributed by atoms with Gasteiger partial charge in [-0.2, -0.15) is 0 Å². The number of benzene rings is 3. The molecule has 1 aliphatic carbocycles. The van der Waals surface area contributed by atoms with Crippen LogP contribution in [0.25, 0.3) is 6.08 Å². The van der Waals surface area contributed by atoms with E-state index >= 15 is 0 Å². The van der Waals surface area contributed by atoms with Crippen molar-refractivity contribution in [3.63, 3.8) is 0 Å². The Kier molecular flexibility index (Phi) is 6.86. The molecule has 0 aromatic heterocycles. The first-order valence-electron chi connectivity index (χ1n) is 10.4. The van der Waals surface area contributed by atoms with Crippen LogP contribution < -0.4 is 10.1 Å². The first kappa shape index (κ1) is 23.1. The van der Waals surface area contributed by atoms with Crippen molar-refractivity contribution < 1.29 is 19.4 Å². The molecule has 168 valence electrons. The predicted octanol–water partition coefficient (Wildman–Crippen LogP) is 6.56. The molecule has 0 unspecified atom stereocenters. The van der Waals surface area contributed by atoms with Gasteiger partial charge in [-0.15, -0.1) is 0 Å². The Morgan fingerprint density at radius 1 is 1.00 bits per heavy atom. The lowest BCUT2D eigenvalue weighted by atomic mass is 9.64. The highest BCUT2D eigenvalue weighted by molar-refractivity contribution is 9.10. The van der Waals surface area contributed by atoms with Gasteiger partial charge in [-0.25, -0.2) is 4.79 Å². The molecule has 0 atom stereocenters. The van der Waals surface area contributed by atoms with Crippen LogP contribution >= 0.6 is 27.5 Å². The fourth-order valence-corrected chi connectivity index (χ4v) is 4.28. The molecule has 3 aromatic carbocycles. The molecule has 5 nitrogen and oxygen atoms in total. The minimum absolute atomic E-state index is 0.181. The SMILES string of the molecule is O=C(O)C(=Cc1ccc(Oc2ccccc2Br)cc1)NC(=O)C1(c2ccc(Cl)cc2)CCC1. The Morgan fingerprint density at radius 2 is 1.67 bits per heavy atom. The fourth-order valence-electron chi connectivity index (χ4n) is 3.79. The highest BCUT2D eigenvalue weighted by atomic mass is 79.9. The molecular formula is C26H21BrClNO4. The third kappa shape index (κ3) is 5.13. The Morgan fingerprint density at radius 3 is 2.24 bits per heavy atom. The highest BCUT2D eigenvalue weighted by Crippen LogP contribution is 2.44. The van der Waals surface area contributed by atoms with Gasteiger partial charge in [-0.05, 0) is 82.4 Å². The van der Waals surface area contributed by atoms with E-state index in [-0.39, 0.29) is 11.6 Å². The lowest BCUT2D eigenvalue weighted by molar-refractivity contribution is -0.136. The minimum Gasteiger partial charge on any atom is -0.477 e. The Labute approximate surface area is 205 Å². The van der Waals surface area contributed by atoms with Crippen LogP contribution in [0.15, 0.2) is 83.0 Å². The molecule has 0 aliphatic heterocycles. The van der Waals surface area contributed by atoms with E-state index in [0.29, 0.717) is 34.9 Å². The smallest absolute Gasteiger partial charge is 0.352 e. The van der Waals surface area contributed by atoms with Gasteiger partial charge in [-0.3, -0.25) is 4.79 Å². The second-order valence-electron chi connectivity index (χ2n) is 7.86. The summed E-state index contributed by atoms with van der Waals surface area (Å²) < 4.78 is 6.67. The maximum atomic E-state index is 13.2. The average molecular weight is 527 g/mol. The number of carbonyl (C=O) groups excluding carboxylic acids is 1. The Bertz CT molecular complexity index is 1200. The van der Waals surface area contributed by atoms with E-state index in [1.54, 1.807) is 36.4 Å². The number of hydrogen-bond donors (Lipinski definition) is 2. The number of para-hydroxylation sites is 1. The van der Waals surface area contributed by atoms with Crippen LogP contribution in [0.5, 0.6) is 11.5 Å². The Balaban J connectivity index is 1.51. The van der Waals surface area contributed by atoms with E-state index < -0.39 is 11.4 Å². The van der Waals surface area contributed by atoms with Crippen molar-refractivity contribution in [3.05, 3.63) is 99.1 Å². The van der Waals surface area contributed by atoms with Crippen molar-refractivity contribution in [2.24, 2.45) is 0 Å². The highest BCUT2D eigenvalue weighted by Gasteiger charge is 2.46. The van der Waals surface area contributed by atoms with Crippen molar-refractivity contribution in [2.45, 2.75) is 24.7 Å². The van der Waals surface area contributed by atoms with Crippen molar-refractivity contribution in [3.8, 4) is 11.5 Å². The molecule has 1 fully saturated rings. The van der Waals surface area contributed by atoms with Gasteiger partial charge in [0.25, 0.3) is 0 Å². The quantitative estimate of drug-likeness (QED) is 0.342. The molecule has 33 heavy (non-hydrogen) atoms. The summed E-state index contributed by atoms with van der Waals surface area (Å²) in [5, 5.41) is 12.9. The third-order valence-corrected chi connectivity index (χ3v) is 6.68. The molecule has 0 saturated heterocycles. The zero-order valence-electron chi connectivity index (χ0n) is 17.6. The number of ether oxygens (including phenoxy) is 1. The first-order valence-corrected chi connectivity index (χ1v) is 11.6. The van der Waals surface area contributed by atoms with Crippen LogP contribution in [0.3, 0.4) is 0 Å². The van der Waals surface area contributed by atoms with Crippen molar-refractivity contribution >= 4 is 45.5 Å². The second-order valence-corrected chi connectivity index (χ2v) is 9.15. The van der Waals surface area contributed by atoms with Gasteiger partial charge in [-0.1, -0.05) is 54.4 Å². The maximum absolute atomic E-state index is 13.2. The van der Waals surface area contributed by atoms with E-state index in [1.165, 1.54) is 6.08 Å². The third-order valence-electron chi connectivity index (χ3n) is 5.77. The van der Waals surface area contributed by atoms with E-state index in [9.17, 15) is 14.7 Å². The van der Waals surface area contributed by atoms with Crippen LogP contribution in [0.4, 0.5) is 0 Å². The summed E-state index contributed by atoms with van der Waals surface area (Å²) in [5.74, 6) is -0.246. The van der Waals surface area contributed by atoms with E-state index in [2.05, 4.69) is 21.2 Å². The van der Waals surface area contributed by atoms with Crippen LogP contribution in [-0.4, -0.2) is 17.0 Å². The van der Waals surface area contributed by atoms with Gasteiger partial charge < -0.3 is 15.2 Å². The van der Waals surface area contributed by atoms with Gasteiger partial charge in [0.1, 0.15) is 17.2 Å². The maximum Gasteiger partial charge on any atom is 0.352 e. The van der Waals surface area contributed by atoms with E-state index in [4.69, 9.17) is 16.3 Å². The normalized spacial score (nSPS) is 14.8. The van der Waals surface area contributed by atoms with Crippen LogP contribution in [0, 0.1) is 0 Å². The van der Waals surface area contributed by atoms with E-state index in [0.717, 1.165) is 16.5 Å². The number of amides is 1. The molecule has 0 heterocycles. The van der Waals surface area contributed by atoms with Crippen molar-refractivity contribution in [1.29, 1.82) is 0 Å². The average Bonchev–Trinajstić information content (AvgIpc) is 2.76. The summed E-state index contributed by atoms with van der Waals surface area (Å²) in [7, 11) is 0. The van der Waals surface area contributed by atoms with Crippen LogP contribution in [0.1, 0.15) is 30.4 Å². The molecule has 1 aliphatic rings. The second kappa shape index (κ2) is 9.81. The summed E-state index contributed by atoms with van der Waals surface area (Å²) in [4.78, 5) is 25.0. The monoisotopic (exact) mass is 525 g/mol. The molecule has 4 rings (SSSR count). The number of halogens is 2. The Hall–Kier alpha value is -3.09. The van der Waals surface area contributed by atoms with Gasteiger partial charge in [0.2, 0.25) is 5.91 Å². The van der Waals surface area contributed by atoms with Gasteiger partial charge >= 0.3 is 5.97 Å². The van der Waals surface area contributed by atoms with Crippen LogP contribution in [-0.2, 0) is 15.0 Å². The first-order chi connectivity index (χ1) is 15.9. The van der Waals surface area contributed by atoms with Gasteiger partial charge in [0.15, 0.2) is 0 Å². The molecule has 3 aromatic rings. The molecule has 0 spiro atoms. The van der Waals surface area contributed by atoms with E-state index in [1.807, 2.05) is 36.4 Å². The lowest BCUT2D eigenvalue weighted by Gasteiger charge is -2.40. The number of carboxylic acids is 1. The lowest BCUT2D eigenvalue weighted by Crippen LogP contribution is -2.49. The number of hydrogen-bond acceptors (Lipinski definition) is 3. The molecule has 1 saturated carbocycles. The topological polar surface area (TPSA) is 75.6 Å². The number of carbonyl (C=O) groups is 2. The summed E-state index contributed by atoms with van der Waals surface area (Å²) in [6.45, 7) is 0. The number of carboxylic acid groups (broad SMARTS) is 1. The van der Waals surface area contributed by atoms with Gasteiger partial charge in [0.05, 0.1) is 9.89 Å². The number of rotatable bonds is 7. The zero-order valence-corrected chi connectivity index (χ0v) is 19.9.